The number of nitrogens with one attached hydrogen (secondary N) is 2. The van der Waals surface area contributed by atoms with Crippen LogP contribution in [0.25, 0.3) is 0 Å². The highest BCUT2D eigenvalue weighted by molar-refractivity contribution is 14.0. The minimum absolute atomic E-state index is 0. The predicted molar refractivity (Wildman–Crippen MR) is 127 cm³/mol. The Hall–Kier alpha value is -1.33. The fraction of sp³-hybridized carbons (Fsp3) is 0.526. The van der Waals surface area contributed by atoms with Crippen molar-refractivity contribution < 1.29 is 4.74 Å². The maximum atomic E-state index is 5.12. The molecule has 1 heterocycles. The van der Waals surface area contributed by atoms with Crippen molar-refractivity contribution in [3.63, 3.8) is 0 Å². The zero-order chi connectivity index (χ0) is 19.6. The van der Waals surface area contributed by atoms with E-state index in [0.717, 1.165) is 37.2 Å². The first kappa shape index (κ1) is 24.7. The summed E-state index contributed by atoms with van der Waals surface area (Å²) in [4.78, 5) is 6.03. The van der Waals surface area contributed by atoms with E-state index in [1.807, 2.05) is 18.5 Å². The average Bonchev–Trinajstić information content (AvgIpc) is 2.99. The van der Waals surface area contributed by atoms with Crippen molar-refractivity contribution in [2.45, 2.75) is 38.3 Å². The van der Waals surface area contributed by atoms with E-state index in [1.54, 1.807) is 18.9 Å². The summed E-state index contributed by atoms with van der Waals surface area (Å²) in [6.07, 6.45) is 3.02. The lowest BCUT2D eigenvalue weighted by molar-refractivity contribution is 0.195. The predicted octanol–water partition coefficient (Wildman–Crippen LogP) is 3.04. The fourth-order valence-corrected chi connectivity index (χ4v) is 3.21. The number of aliphatic imine (C=N–C) groups is 1. The van der Waals surface area contributed by atoms with E-state index in [1.165, 1.54) is 16.0 Å². The van der Waals surface area contributed by atoms with Crippen LogP contribution in [0.2, 0.25) is 0 Å². The highest BCUT2D eigenvalue weighted by Crippen LogP contribution is 2.22. The maximum Gasteiger partial charge on any atom is 0.191 e. The third-order valence-corrected chi connectivity index (χ3v) is 5.08. The van der Waals surface area contributed by atoms with Crippen molar-refractivity contribution in [2.75, 3.05) is 26.5 Å². The van der Waals surface area contributed by atoms with E-state index in [9.17, 15) is 0 Å². The number of methoxy groups -OCH3 is 1. The molecule has 2 aromatic rings. The molecule has 9 heteroatoms. The topological polar surface area (TPSA) is 76.4 Å². The van der Waals surface area contributed by atoms with Gasteiger partial charge in [-0.15, -0.1) is 45.9 Å². The molecular formula is C19H31IN6OS. The number of rotatable bonds is 9. The summed E-state index contributed by atoms with van der Waals surface area (Å²) in [5, 5.41) is 15.0. The Labute approximate surface area is 189 Å². The zero-order valence-electron chi connectivity index (χ0n) is 17.3. The third-order valence-electron chi connectivity index (χ3n) is 4.26. The Balaban J connectivity index is 0.00000392. The highest BCUT2D eigenvalue weighted by atomic mass is 127. The van der Waals surface area contributed by atoms with Crippen LogP contribution in [0.15, 0.2) is 28.1 Å². The van der Waals surface area contributed by atoms with Crippen LogP contribution in [0.4, 0.5) is 0 Å². The molecule has 0 saturated heterocycles. The second kappa shape index (κ2) is 13.0. The number of guanidine groups is 1. The van der Waals surface area contributed by atoms with Gasteiger partial charge in [0.25, 0.3) is 0 Å². The molecule has 1 aromatic heterocycles. The molecule has 7 nitrogen and oxygen atoms in total. The van der Waals surface area contributed by atoms with Crippen molar-refractivity contribution >= 4 is 41.7 Å². The van der Waals surface area contributed by atoms with E-state index in [0.29, 0.717) is 13.1 Å². The molecule has 0 fully saturated rings. The summed E-state index contributed by atoms with van der Waals surface area (Å²) in [5.74, 6) is 2.53. The number of halogens is 1. The molecule has 0 aliphatic carbocycles. The maximum absolute atomic E-state index is 5.12. The largest absolute Gasteiger partial charge is 0.385 e. The van der Waals surface area contributed by atoms with Crippen LogP contribution in [0.3, 0.4) is 0 Å². The molecule has 0 aliphatic heterocycles. The SMILES string of the molecule is COCCCNC(=NCc1ccc(C)cc1SC)NCc1nnc(C)n1C.I. The standard InChI is InChI=1S/C19H30N6OS.HI/c1-14-7-8-16(17(11-14)27-5)12-21-19(20-9-6-10-26-4)22-13-18-24-23-15(2)25(18)3;/h7-8,11H,6,9-10,12-13H2,1-5H3,(H2,20,21,22);1H. The summed E-state index contributed by atoms with van der Waals surface area (Å²) in [5.41, 5.74) is 2.49. The number of aromatic nitrogens is 3. The summed E-state index contributed by atoms with van der Waals surface area (Å²) in [7, 11) is 3.68. The summed E-state index contributed by atoms with van der Waals surface area (Å²) >= 11 is 1.75. The Morgan fingerprint density at radius 2 is 2.04 bits per heavy atom. The van der Waals surface area contributed by atoms with E-state index in [-0.39, 0.29) is 24.0 Å². The van der Waals surface area contributed by atoms with Crippen molar-refractivity contribution in [2.24, 2.45) is 12.0 Å². The monoisotopic (exact) mass is 518 g/mol. The molecule has 1 aromatic carbocycles. The Morgan fingerprint density at radius 1 is 1.25 bits per heavy atom. The van der Waals surface area contributed by atoms with Gasteiger partial charge in [-0.1, -0.05) is 12.1 Å². The van der Waals surface area contributed by atoms with E-state index in [4.69, 9.17) is 9.73 Å². The van der Waals surface area contributed by atoms with Gasteiger partial charge in [0.15, 0.2) is 11.8 Å². The molecule has 0 aliphatic rings. The molecule has 28 heavy (non-hydrogen) atoms. The minimum Gasteiger partial charge on any atom is -0.385 e. The van der Waals surface area contributed by atoms with Crippen molar-refractivity contribution in [3.8, 4) is 0 Å². The number of hydrogen-bond donors (Lipinski definition) is 2. The normalized spacial score (nSPS) is 11.2. The smallest absolute Gasteiger partial charge is 0.191 e. The number of ether oxygens (including phenoxy) is 1. The van der Waals surface area contributed by atoms with Gasteiger partial charge in [-0.25, -0.2) is 4.99 Å². The summed E-state index contributed by atoms with van der Waals surface area (Å²) in [6, 6.07) is 6.49. The third kappa shape index (κ3) is 7.59. The Bertz CT molecular complexity index is 765. The number of nitrogens with zero attached hydrogens (tertiary/aromatic N) is 4. The number of hydrogen-bond acceptors (Lipinski definition) is 5. The summed E-state index contributed by atoms with van der Waals surface area (Å²) in [6.45, 7) is 6.75. The molecule has 0 radical (unpaired) electrons. The van der Waals surface area contributed by atoms with Gasteiger partial charge < -0.3 is 19.9 Å². The first-order valence-electron chi connectivity index (χ1n) is 9.04. The average molecular weight is 518 g/mol. The van der Waals surface area contributed by atoms with Crippen LogP contribution >= 0.6 is 35.7 Å². The van der Waals surface area contributed by atoms with Crippen LogP contribution in [-0.2, 0) is 24.9 Å². The van der Waals surface area contributed by atoms with Crippen molar-refractivity contribution in [1.29, 1.82) is 0 Å². The van der Waals surface area contributed by atoms with Crippen LogP contribution in [0, 0.1) is 13.8 Å². The molecule has 156 valence electrons. The van der Waals surface area contributed by atoms with Gasteiger partial charge in [0.05, 0.1) is 13.1 Å². The number of aryl methyl sites for hydroxylation is 2. The van der Waals surface area contributed by atoms with E-state index < -0.39 is 0 Å². The van der Waals surface area contributed by atoms with Gasteiger partial charge >= 0.3 is 0 Å². The van der Waals surface area contributed by atoms with Gasteiger partial charge in [0, 0.05) is 32.2 Å². The molecule has 0 unspecified atom stereocenters. The molecule has 0 spiro atoms. The quantitative estimate of drug-likeness (QED) is 0.175. The fourth-order valence-electron chi connectivity index (χ4n) is 2.51. The van der Waals surface area contributed by atoms with Crippen LogP contribution < -0.4 is 10.6 Å². The molecule has 0 amide bonds. The van der Waals surface area contributed by atoms with Gasteiger partial charge in [-0.05, 0) is 43.7 Å². The Kier molecular flexibility index (Phi) is 11.5. The van der Waals surface area contributed by atoms with Gasteiger partial charge in [0.2, 0.25) is 0 Å². The highest BCUT2D eigenvalue weighted by Gasteiger charge is 2.07. The van der Waals surface area contributed by atoms with Crippen molar-refractivity contribution in [3.05, 3.63) is 41.0 Å². The lowest BCUT2D eigenvalue weighted by Gasteiger charge is -2.13. The molecule has 2 rings (SSSR count). The first-order chi connectivity index (χ1) is 13.0. The number of benzene rings is 1. The first-order valence-corrected chi connectivity index (χ1v) is 10.3. The molecule has 2 N–H and O–H groups in total. The van der Waals surface area contributed by atoms with Crippen LogP contribution in [-0.4, -0.2) is 47.2 Å². The minimum atomic E-state index is 0. The van der Waals surface area contributed by atoms with Gasteiger partial charge in [-0.2, -0.15) is 0 Å². The van der Waals surface area contributed by atoms with Gasteiger partial charge in [-0.3, -0.25) is 0 Å². The van der Waals surface area contributed by atoms with E-state index in [2.05, 4.69) is 52.2 Å². The van der Waals surface area contributed by atoms with E-state index >= 15 is 0 Å². The molecule has 0 atom stereocenters. The lowest BCUT2D eigenvalue weighted by atomic mass is 10.1. The zero-order valence-corrected chi connectivity index (χ0v) is 20.4. The second-order valence-corrected chi connectivity index (χ2v) is 7.18. The van der Waals surface area contributed by atoms with Gasteiger partial charge in [0.1, 0.15) is 5.82 Å². The molecule has 0 bridgehead atoms. The number of thioether (sulfide) groups is 1. The van der Waals surface area contributed by atoms with Crippen LogP contribution in [0.1, 0.15) is 29.2 Å². The lowest BCUT2D eigenvalue weighted by Crippen LogP contribution is -2.38. The van der Waals surface area contributed by atoms with Crippen LogP contribution in [0.5, 0.6) is 0 Å². The Morgan fingerprint density at radius 3 is 2.68 bits per heavy atom. The molecule has 0 saturated carbocycles. The van der Waals surface area contributed by atoms with Crippen molar-refractivity contribution in [1.82, 2.24) is 25.4 Å². The second-order valence-electron chi connectivity index (χ2n) is 6.33. The summed E-state index contributed by atoms with van der Waals surface area (Å²) < 4.78 is 7.09. The molecular weight excluding hydrogens is 487 g/mol.